The Kier molecular flexibility index (Phi) is 2.99. The van der Waals surface area contributed by atoms with Gasteiger partial charge in [0.1, 0.15) is 0 Å². The van der Waals surface area contributed by atoms with E-state index in [-0.39, 0.29) is 5.92 Å². The largest absolute Gasteiger partial charge is 0.481 e. The van der Waals surface area contributed by atoms with Gasteiger partial charge in [-0.2, -0.15) is 0 Å². The van der Waals surface area contributed by atoms with Gasteiger partial charge in [-0.3, -0.25) is 4.79 Å². The molecule has 2 nitrogen and oxygen atoms in total. The van der Waals surface area contributed by atoms with Crippen LogP contribution in [0.1, 0.15) is 37.3 Å². The summed E-state index contributed by atoms with van der Waals surface area (Å²) >= 11 is 0. The second-order valence-corrected chi connectivity index (χ2v) is 5.04. The summed E-state index contributed by atoms with van der Waals surface area (Å²) in [6.07, 6.45) is 1.76. The lowest BCUT2D eigenvalue weighted by Crippen LogP contribution is -2.01. The van der Waals surface area contributed by atoms with Crippen molar-refractivity contribution in [1.29, 1.82) is 0 Å². The molecule has 1 saturated carbocycles. The van der Waals surface area contributed by atoms with E-state index in [4.69, 9.17) is 5.11 Å². The molecule has 0 radical (unpaired) electrons. The van der Waals surface area contributed by atoms with Crippen LogP contribution in [0.2, 0.25) is 0 Å². The van der Waals surface area contributed by atoms with Gasteiger partial charge >= 0.3 is 5.97 Å². The molecule has 2 rings (SSSR count). The number of carboxylic acids is 1. The van der Waals surface area contributed by atoms with E-state index >= 15 is 0 Å². The Morgan fingerprint density at radius 2 is 2.00 bits per heavy atom. The Labute approximate surface area is 96.3 Å². The highest BCUT2D eigenvalue weighted by atomic mass is 16.4. The number of carbonyl (C=O) groups is 1. The molecular formula is C14H18O2. The number of carboxylic acid groups (broad SMARTS) is 1. The van der Waals surface area contributed by atoms with Crippen LogP contribution < -0.4 is 0 Å². The number of benzene rings is 1. The van der Waals surface area contributed by atoms with Crippen LogP contribution in [0.15, 0.2) is 24.3 Å². The maximum Gasteiger partial charge on any atom is 0.306 e. The molecule has 0 amide bonds. The SMILES string of the molecule is CC(C)c1ccc(C[C@H]2C[C@H]2C(=O)O)cc1. The highest BCUT2D eigenvalue weighted by molar-refractivity contribution is 5.73. The highest BCUT2D eigenvalue weighted by Gasteiger charge is 2.42. The van der Waals surface area contributed by atoms with Crippen molar-refractivity contribution < 1.29 is 9.90 Å². The Balaban J connectivity index is 1.94. The fourth-order valence-electron chi connectivity index (χ4n) is 2.12. The van der Waals surface area contributed by atoms with Crippen LogP contribution in [0.5, 0.6) is 0 Å². The average molecular weight is 218 g/mol. The van der Waals surface area contributed by atoms with Gasteiger partial charge in [0.05, 0.1) is 5.92 Å². The summed E-state index contributed by atoms with van der Waals surface area (Å²) in [6, 6.07) is 8.56. The predicted molar refractivity (Wildman–Crippen MR) is 63.5 cm³/mol. The Bertz CT molecular complexity index is 378. The third-order valence-electron chi connectivity index (χ3n) is 3.38. The molecule has 0 unspecified atom stereocenters. The molecule has 0 aliphatic heterocycles. The summed E-state index contributed by atoms with van der Waals surface area (Å²) in [7, 11) is 0. The second kappa shape index (κ2) is 4.28. The molecule has 1 aromatic rings. The van der Waals surface area contributed by atoms with Crippen molar-refractivity contribution in [2.75, 3.05) is 0 Å². The monoisotopic (exact) mass is 218 g/mol. The minimum absolute atomic E-state index is 0.0928. The van der Waals surface area contributed by atoms with Gasteiger partial charge in [0, 0.05) is 0 Å². The van der Waals surface area contributed by atoms with E-state index in [2.05, 4.69) is 38.1 Å². The molecule has 16 heavy (non-hydrogen) atoms. The topological polar surface area (TPSA) is 37.3 Å². The highest BCUT2D eigenvalue weighted by Crippen LogP contribution is 2.41. The van der Waals surface area contributed by atoms with Crippen molar-refractivity contribution >= 4 is 5.97 Å². The van der Waals surface area contributed by atoms with Gasteiger partial charge in [-0.05, 0) is 35.8 Å². The van der Waals surface area contributed by atoms with E-state index in [0.29, 0.717) is 11.8 Å². The van der Waals surface area contributed by atoms with Crippen LogP contribution in [0, 0.1) is 11.8 Å². The number of aliphatic carboxylic acids is 1. The van der Waals surface area contributed by atoms with Gasteiger partial charge in [-0.15, -0.1) is 0 Å². The number of rotatable bonds is 4. The van der Waals surface area contributed by atoms with Crippen molar-refractivity contribution in [3.63, 3.8) is 0 Å². The zero-order valence-corrected chi connectivity index (χ0v) is 9.81. The van der Waals surface area contributed by atoms with E-state index in [1.807, 2.05) is 0 Å². The molecule has 2 atom stereocenters. The summed E-state index contributed by atoms with van der Waals surface area (Å²) in [5.41, 5.74) is 2.60. The molecule has 1 aromatic carbocycles. The fourth-order valence-corrected chi connectivity index (χ4v) is 2.12. The third-order valence-corrected chi connectivity index (χ3v) is 3.38. The maximum atomic E-state index is 10.7. The van der Waals surface area contributed by atoms with Crippen molar-refractivity contribution in [3.8, 4) is 0 Å². The summed E-state index contributed by atoms with van der Waals surface area (Å²) in [5, 5.41) is 8.82. The molecular weight excluding hydrogens is 200 g/mol. The van der Waals surface area contributed by atoms with Crippen molar-refractivity contribution in [1.82, 2.24) is 0 Å². The average Bonchev–Trinajstić information content (AvgIpc) is 2.98. The summed E-state index contributed by atoms with van der Waals surface area (Å²) in [6.45, 7) is 4.35. The first-order valence-corrected chi connectivity index (χ1v) is 5.89. The van der Waals surface area contributed by atoms with Crippen molar-refractivity contribution in [3.05, 3.63) is 35.4 Å². The predicted octanol–water partition coefficient (Wildman–Crippen LogP) is 3.07. The Morgan fingerprint density at radius 3 is 2.44 bits per heavy atom. The lowest BCUT2D eigenvalue weighted by atomic mass is 10.00. The van der Waals surface area contributed by atoms with Crippen LogP contribution in [-0.4, -0.2) is 11.1 Å². The van der Waals surface area contributed by atoms with Gasteiger partial charge in [-0.25, -0.2) is 0 Å². The smallest absolute Gasteiger partial charge is 0.306 e. The molecule has 0 bridgehead atoms. The van der Waals surface area contributed by atoms with Gasteiger partial charge < -0.3 is 5.11 Å². The van der Waals surface area contributed by atoms with Crippen LogP contribution in [0.3, 0.4) is 0 Å². The zero-order chi connectivity index (χ0) is 11.7. The van der Waals surface area contributed by atoms with Crippen molar-refractivity contribution in [2.45, 2.75) is 32.6 Å². The molecule has 0 aromatic heterocycles. The normalized spacial score (nSPS) is 23.4. The van der Waals surface area contributed by atoms with Crippen molar-refractivity contribution in [2.24, 2.45) is 11.8 Å². The van der Waals surface area contributed by atoms with Crippen LogP contribution in [-0.2, 0) is 11.2 Å². The summed E-state index contributed by atoms with van der Waals surface area (Å²) in [5.74, 6) is 0.192. The molecule has 2 heteroatoms. The maximum absolute atomic E-state index is 10.7. The minimum Gasteiger partial charge on any atom is -0.481 e. The van der Waals surface area contributed by atoms with Crippen LogP contribution in [0.4, 0.5) is 0 Å². The quantitative estimate of drug-likeness (QED) is 0.843. The van der Waals surface area contributed by atoms with Gasteiger partial charge in [0.25, 0.3) is 0 Å². The summed E-state index contributed by atoms with van der Waals surface area (Å²) < 4.78 is 0. The molecule has 0 heterocycles. The first-order chi connectivity index (χ1) is 7.58. The first kappa shape index (κ1) is 11.2. The van der Waals surface area contributed by atoms with Crippen LogP contribution in [0.25, 0.3) is 0 Å². The first-order valence-electron chi connectivity index (χ1n) is 5.89. The van der Waals surface area contributed by atoms with Gasteiger partial charge in [-0.1, -0.05) is 38.1 Å². The Morgan fingerprint density at radius 1 is 1.38 bits per heavy atom. The van der Waals surface area contributed by atoms with E-state index in [1.54, 1.807) is 0 Å². The molecule has 86 valence electrons. The standard InChI is InChI=1S/C14H18O2/c1-9(2)11-5-3-10(4-6-11)7-12-8-13(12)14(15)16/h3-6,9,12-13H,7-8H2,1-2H3,(H,15,16)/t12-,13+/m0/s1. The van der Waals surface area contributed by atoms with Gasteiger partial charge in [0.15, 0.2) is 0 Å². The zero-order valence-electron chi connectivity index (χ0n) is 9.81. The molecule has 0 saturated heterocycles. The van der Waals surface area contributed by atoms with E-state index in [1.165, 1.54) is 11.1 Å². The molecule has 1 N–H and O–H groups in total. The lowest BCUT2D eigenvalue weighted by molar-refractivity contribution is -0.138. The van der Waals surface area contributed by atoms with E-state index in [0.717, 1.165) is 12.8 Å². The fraction of sp³-hybridized carbons (Fsp3) is 0.500. The number of hydrogen-bond acceptors (Lipinski definition) is 1. The molecule has 1 aliphatic rings. The Hall–Kier alpha value is -1.31. The molecule has 1 fully saturated rings. The third kappa shape index (κ3) is 2.43. The van der Waals surface area contributed by atoms with Gasteiger partial charge in [0.2, 0.25) is 0 Å². The molecule has 0 spiro atoms. The minimum atomic E-state index is -0.635. The molecule has 1 aliphatic carbocycles. The lowest BCUT2D eigenvalue weighted by Gasteiger charge is -2.06. The van der Waals surface area contributed by atoms with E-state index < -0.39 is 5.97 Å². The van der Waals surface area contributed by atoms with E-state index in [9.17, 15) is 4.79 Å². The second-order valence-electron chi connectivity index (χ2n) is 5.04. The number of hydrogen-bond donors (Lipinski definition) is 1. The summed E-state index contributed by atoms with van der Waals surface area (Å²) in [4.78, 5) is 10.7. The van der Waals surface area contributed by atoms with Crippen LogP contribution >= 0.6 is 0 Å².